The zero-order valence-electron chi connectivity index (χ0n) is 13.5. The highest BCUT2D eigenvalue weighted by atomic mass is 35.5. The molecule has 0 radical (unpaired) electrons. The maximum absolute atomic E-state index is 12.7. The fraction of sp³-hybridized carbons (Fsp3) is 0.278. The molecule has 5 nitrogen and oxygen atoms in total. The molecule has 7 heteroatoms. The third-order valence-electron chi connectivity index (χ3n) is 4.16. The van der Waals surface area contributed by atoms with Crippen LogP contribution in [0.1, 0.15) is 36.4 Å². The monoisotopic (exact) mass is 378 g/mol. The van der Waals surface area contributed by atoms with Gasteiger partial charge in [-0.25, -0.2) is 14.7 Å². The smallest absolute Gasteiger partial charge is 0.417 e. The number of carbonyl (C=O) groups is 2. The SMILES string of the molecule is C[C@H](CC(=O)N1C(=O)OC[C@H]1c1ccccc1)c1cc(Cl)nc(Cl)c1. The van der Waals surface area contributed by atoms with E-state index in [2.05, 4.69) is 4.98 Å². The maximum atomic E-state index is 12.7. The highest BCUT2D eigenvalue weighted by Crippen LogP contribution is 2.31. The molecular weight excluding hydrogens is 363 g/mol. The van der Waals surface area contributed by atoms with Crippen LogP contribution >= 0.6 is 23.2 Å². The standard InChI is InChI=1S/C18H16Cl2N2O3/c1-11(13-8-15(19)21-16(20)9-13)7-17(23)22-14(10-25-18(22)24)12-5-3-2-4-6-12/h2-6,8-9,11,14H,7,10H2,1H3/t11-,14+/m1/s1. The molecule has 2 aromatic rings. The van der Waals surface area contributed by atoms with Crippen LogP contribution in [0.3, 0.4) is 0 Å². The van der Waals surface area contributed by atoms with Crippen molar-refractivity contribution >= 4 is 35.2 Å². The second kappa shape index (κ2) is 7.42. The van der Waals surface area contributed by atoms with E-state index in [0.717, 1.165) is 11.1 Å². The third-order valence-corrected chi connectivity index (χ3v) is 4.55. The Morgan fingerprint density at radius 3 is 2.56 bits per heavy atom. The first-order chi connectivity index (χ1) is 12.0. The number of nitrogens with zero attached hydrogens (tertiary/aromatic N) is 2. The van der Waals surface area contributed by atoms with E-state index < -0.39 is 12.1 Å². The second-order valence-corrected chi connectivity index (χ2v) is 6.69. The van der Waals surface area contributed by atoms with Crippen molar-refractivity contribution in [1.82, 2.24) is 9.88 Å². The molecule has 1 fully saturated rings. The minimum Gasteiger partial charge on any atom is -0.446 e. The lowest BCUT2D eigenvalue weighted by Gasteiger charge is -2.22. The predicted molar refractivity (Wildman–Crippen MR) is 94.7 cm³/mol. The summed E-state index contributed by atoms with van der Waals surface area (Å²) in [6.07, 6.45) is -0.480. The number of hydrogen-bond donors (Lipinski definition) is 0. The molecule has 2 amide bonds. The molecule has 1 aromatic heterocycles. The molecule has 0 unspecified atom stereocenters. The van der Waals surface area contributed by atoms with Crippen LogP contribution in [0.15, 0.2) is 42.5 Å². The number of cyclic esters (lactones) is 1. The Balaban J connectivity index is 1.78. The van der Waals surface area contributed by atoms with Crippen LogP contribution in [-0.4, -0.2) is 28.5 Å². The number of carbonyl (C=O) groups excluding carboxylic acids is 2. The fourth-order valence-corrected chi connectivity index (χ4v) is 3.34. The molecule has 2 heterocycles. The van der Waals surface area contributed by atoms with E-state index in [0.29, 0.717) is 0 Å². The summed E-state index contributed by atoms with van der Waals surface area (Å²) < 4.78 is 5.09. The lowest BCUT2D eigenvalue weighted by atomic mass is 9.97. The number of amides is 2. The van der Waals surface area contributed by atoms with Crippen molar-refractivity contribution in [2.24, 2.45) is 0 Å². The van der Waals surface area contributed by atoms with Gasteiger partial charge in [0.25, 0.3) is 0 Å². The number of hydrogen-bond acceptors (Lipinski definition) is 4. The molecule has 130 valence electrons. The third kappa shape index (κ3) is 3.94. The summed E-state index contributed by atoms with van der Waals surface area (Å²) in [6, 6.07) is 12.3. The largest absolute Gasteiger partial charge is 0.446 e. The van der Waals surface area contributed by atoms with Gasteiger partial charge in [0.2, 0.25) is 5.91 Å². The van der Waals surface area contributed by atoms with Gasteiger partial charge in [0.15, 0.2) is 0 Å². The van der Waals surface area contributed by atoms with E-state index in [1.165, 1.54) is 4.90 Å². The van der Waals surface area contributed by atoms with Crippen LogP contribution in [0.4, 0.5) is 4.79 Å². The van der Waals surface area contributed by atoms with Crippen LogP contribution in [0, 0.1) is 0 Å². The van der Waals surface area contributed by atoms with Crippen LogP contribution < -0.4 is 0 Å². The summed E-state index contributed by atoms with van der Waals surface area (Å²) in [7, 11) is 0. The van der Waals surface area contributed by atoms with Crippen LogP contribution in [0.2, 0.25) is 10.3 Å². The van der Waals surface area contributed by atoms with E-state index in [4.69, 9.17) is 27.9 Å². The van der Waals surface area contributed by atoms with Gasteiger partial charge in [-0.1, -0.05) is 60.5 Å². The number of halogens is 2. The van der Waals surface area contributed by atoms with E-state index in [-0.39, 0.29) is 35.2 Å². The van der Waals surface area contributed by atoms with Gasteiger partial charge in [0.1, 0.15) is 23.0 Å². The van der Waals surface area contributed by atoms with Gasteiger partial charge in [-0.2, -0.15) is 0 Å². The van der Waals surface area contributed by atoms with Crippen molar-refractivity contribution in [3.63, 3.8) is 0 Å². The number of imide groups is 1. The first-order valence-electron chi connectivity index (χ1n) is 7.82. The Bertz CT molecular complexity index is 778. The van der Waals surface area contributed by atoms with Crippen molar-refractivity contribution in [2.75, 3.05) is 6.61 Å². The molecule has 1 aliphatic rings. The zero-order chi connectivity index (χ0) is 18.0. The Morgan fingerprint density at radius 1 is 1.28 bits per heavy atom. The number of rotatable bonds is 4. The lowest BCUT2D eigenvalue weighted by Crippen LogP contribution is -2.34. The molecule has 0 saturated carbocycles. The number of aromatic nitrogens is 1. The van der Waals surface area contributed by atoms with Gasteiger partial charge >= 0.3 is 6.09 Å². The minimum absolute atomic E-state index is 0.134. The van der Waals surface area contributed by atoms with Gasteiger partial charge in [0, 0.05) is 6.42 Å². The summed E-state index contributed by atoms with van der Waals surface area (Å²) in [5.74, 6) is -0.469. The quantitative estimate of drug-likeness (QED) is 0.729. The first-order valence-corrected chi connectivity index (χ1v) is 8.58. The van der Waals surface area contributed by atoms with E-state index in [9.17, 15) is 9.59 Å². The van der Waals surface area contributed by atoms with Crippen molar-refractivity contribution in [2.45, 2.75) is 25.3 Å². The number of ether oxygens (including phenoxy) is 1. The zero-order valence-corrected chi connectivity index (χ0v) is 15.0. The topological polar surface area (TPSA) is 59.5 Å². The first kappa shape index (κ1) is 17.7. The molecule has 1 saturated heterocycles. The highest BCUT2D eigenvalue weighted by Gasteiger charge is 2.39. The highest BCUT2D eigenvalue weighted by molar-refractivity contribution is 6.32. The molecule has 0 aliphatic carbocycles. The van der Waals surface area contributed by atoms with Gasteiger partial charge in [0.05, 0.1) is 0 Å². The Hall–Kier alpha value is -2.11. The second-order valence-electron chi connectivity index (χ2n) is 5.92. The van der Waals surface area contributed by atoms with Gasteiger partial charge in [-0.3, -0.25) is 4.79 Å². The maximum Gasteiger partial charge on any atom is 0.417 e. The van der Waals surface area contributed by atoms with E-state index in [1.807, 2.05) is 37.3 Å². The van der Waals surface area contributed by atoms with Crippen molar-refractivity contribution < 1.29 is 14.3 Å². The Morgan fingerprint density at radius 2 is 1.92 bits per heavy atom. The average Bonchev–Trinajstić information content (AvgIpc) is 2.96. The van der Waals surface area contributed by atoms with E-state index >= 15 is 0 Å². The van der Waals surface area contributed by atoms with Crippen molar-refractivity contribution in [3.8, 4) is 0 Å². The summed E-state index contributed by atoms with van der Waals surface area (Å²) in [5.41, 5.74) is 1.66. The Kier molecular flexibility index (Phi) is 5.25. The van der Waals surface area contributed by atoms with Crippen LogP contribution in [0.25, 0.3) is 0 Å². The predicted octanol–water partition coefficient (Wildman–Crippen LogP) is 4.60. The normalized spacial score (nSPS) is 18.1. The molecule has 2 atom stereocenters. The van der Waals surface area contributed by atoms with E-state index in [1.54, 1.807) is 12.1 Å². The summed E-state index contributed by atoms with van der Waals surface area (Å²) in [4.78, 5) is 29.9. The minimum atomic E-state index is -0.614. The molecule has 1 aliphatic heterocycles. The summed E-state index contributed by atoms with van der Waals surface area (Å²) in [5, 5.41) is 0.536. The van der Waals surface area contributed by atoms with Crippen LogP contribution in [-0.2, 0) is 9.53 Å². The van der Waals surface area contributed by atoms with Gasteiger partial charge in [-0.05, 0) is 29.2 Å². The van der Waals surface area contributed by atoms with Crippen molar-refractivity contribution in [3.05, 3.63) is 63.9 Å². The Labute approximate surface area is 155 Å². The van der Waals surface area contributed by atoms with Crippen molar-refractivity contribution in [1.29, 1.82) is 0 Å². The lowest BCUT2D eigenvalue weighted by molar-refractivity contribution is -0.129. The van der Waals surface area contributed by atoms with Gasteiger partial charge in [-0.15, -0.1) is 0 Å². The average molecular weight is 379 g/mol. The molecule has 0 spiro atoms. The molecule has 25 heavy (non-hydrogen) atoms. The molecule has 1 aromatic carbocycles. The number of pyridine rings is 1. The summed E-state index contributed by atoms with van der Waals surface area (Å²) >= 11 is 11.8. The van der Waals surface area contributed by atoms with Gasteiger partial charge < -0.3 is 4.74 Å². The summed E-state index contributed by atoms with van der Waals surface area (Å²) in [6.45, 7) is 2.04. The fourth-order valence-electron chi connectivity index (χ4n) is 2.86. The molecule has 3 rings (SSSR count). The molecule has 0 bridgehead atoms. The molecular formula is C18H16Cl2N2O3. The molecule has 0 N–H and O–H groups in total. The van der Waals surface area contributed by atoms with Crippen LogP contribution in [0.5, 0.6) is 0 Å². The number of benzene rings is 1.